The van der Waals surface area contributed by atoms with Crippen molar-refractivity contribution in [1.82, 2.24) is 9.62 Å². The van der Waals surface area contributed by atoms with Gasteiger partial charge in [0.05, 0.1) is 6.54 Å². The number of rotatable bonds is 8. The Bertz CT molecular complexity index is 700. The van der Waals surface area contributed by atoms with E-state index in [1.54, 1.807) is 29.2 Å². The highest BCUT2D eigenvalue weighted by Gasteiger charge is 2.20. The number of amides is 1. The van der Waals surface area contributed by atoms with Crippen molar-refractivity contribution >= 4 is 28.0 Å². The highest BCUT2D eigenvalue weighted by Crippen LogP contribution is 2.08. The summed E-state index contributed by atoms with van der Waals surface area (Å²) in [4.78, 5) is 24.5. The smallest absolute Gasteiger partial charge is 0.321 e. The molecule has 1 N–H and O–H groups in total. The standard InChI is InChI=1S/C16H20N2O5S/c19-15-7-4-9-18(15)10-11-23-16(20)13-17-24(21,22)12-8-14-5-2-1-3-6-14/h1-3,5-6,8,12,17H,4,7,9-11,13H2/b12-8+. The molecule has 1 aromatic carbocycles. The van der Waals surface area contributed by atoms with Crippen LogP contribution < -0.4 is 4.72 Å². The average Bonchev–Trinajstić information content (AvgIpc) is 2.98. The minimum absolute atomic E-state index is 0.0535. The Kier molecular flexibility index (Phi) is 6.51. The average molecular weight is 352 g/mol. The van der Waals surface area contributed by atoms with Gasteiger partial charge in [-0.3, -0.25) is 9.59 Å². The minimum Gasteiger partial charge on any atom is -0.463 e. The molecule has 24 heavy (non-hydrogen) atoms. The normalized spacial score (nSPS) is 15.2. The highest BCUT2D eigenvalue weighted by atomic mass is 32.2. The summed E-state index contributed by atoms with van der Waals surface area (Å²) in [5.74, 6) is -0.629. The fraction of sp³-hybridized carbons (Fsp3) is 0.375. The molecule has 0 saturated carbocycles. The second-order valence-corrected chi connectivity index (χ2v) is 6.94. The molecule has 0 aliphatic carbocycles. The van der Waals surface area contributed by atoms with Gasteiger partial charge in [0.1, 0.15) is 13.2 Å². The number of sulfonamides is 1. The Morgan fingerprint density at radius 2 is 2.04 bits per heavy atom. The molecule has 7 nitrogen and oxygen atoms in total. The van der Waals surface area contributed by atoms with Crippen LogP contribution in [0, 0.1) is 0 Å². The molecule has 0 atom stereocenters. The van der Waals surface area contributed by atoms with Crippen molar-refractivity contribution in [2.24, 2.45) is 0 Å². The Hall–Kier alpha value is -2.19. The van der Waals surface area contributed by atoms with Crippen LogP contribution in [0.15, 0.2) is 35.7 Å². The van der Waals surface area contributed by atoms with E-state index in [0.717, 1.165) is 17.4 Å². The second-order valence-electron chi connectivity index (χ2n) is 5.28. The number of nitrogens with one attached hydrogen (secondary N) is 1. The molecule has 0 unspecified atom stereocenters. The molecule has 1 aliphatic rings. The summed E-state index contributed by atoms with van der Waals surface area (Å²) >= 11 is 0. The molecule has 8 heteroatoms. The number of hydrogen-bond acceptors (Lipinski definition) is 5. The number of carbonyl (C=O) groups excluding carboxylic acids is 2. The maximum Gasteiger partial charge on any atom is 0.321 e. The fourth-order valence-corrected chi connectivity index (χ4v) is 2.95. The van der Waals surface area contributed by atoms with Gasteiger partial charge in [0, 0.05) is 18.4 Å². The van der Waals surface area contributed by atoms with Gasteiger partial charge in [0.25, 0.3) is 0 Å². The van der Waals surface area contributed by atoms with E-state index in [0.29, 0.717) is 19.5 Å². The molecule has 1 heterocycles. The largest absolute Gasteiger partial charge is 0.463 e. The van der Waals surface area contributed by atoms with Crippen LogP contribution in [0.3, 0.4) is 0 Å². The Morgan fingerprint density at radius 1 is 1.29 bits per heavy atom. The maximum absolute atomic E-state index is 11.8. The number of carbonyl (C=O) groups is 2. The lowest BCUT2D eigenvalue weighted by atomic mass is 10.2. The lowest BCUT2D eigenvalue weighted by molar-refractivity contribution is -0.143. The Morgan fingerprint density at radius 3 is 2.71 bits per heavy atom. The number of hydrogen-bond donors (Lipinski definition) is 1. The fourth-order valence-electron chi connectivity index (χ4n) is 2.20. The molecule has 1 amide bonds. The quantitative estimate of drug-likeness (QED) is 0.697. The molecule has 0 spiro atoms. The van der Waals surface area contributed by atoms with E-state index in [1.807, 2.05) is 6.07 Å². The summed E-state index contributed by atoms with van der Waals surface area (Å²) in [6.45, 7) is 0.625. The molecule has 0 aromatic heterocycles. The summed E-state index contributed by atoms with van der Waals surface area (Å²) in [6.07, 6.45) is 2.79. The van der Waals surface area contributed by atoms with Gasteiger partial charge in [0.2, 0.25) is 15.9 Å². The van der Waals surface area contributed by atoms with Gasteiger partial charge >= 0.3 is 5.97 Å². The SMILES string of the molecule is O=C(CNS(=O)(=O)/C=C/c1ccccc1)OCCN1CCCC1=O. The molecule has 1 aliphatic heterocycles. The highest BCUT2D eigenvalue weighted by molar-refractivity contribution is 7.92. The van der Waals surface area contributed by atoms with Gasteiger partial charge in [-0.05, 0) is 18.1 Å². The van der Waals surface area contributed by atoms with Crippen molar-refractivity contribution in [1.29, 1.82) is 0 Å². The van der Waals surface area contributed by atoms with Crippen LogP contribution in [0.5, 0.6) is 0 Å². The van der Waals surface area contributed by atoms with Gasteiger partial charge in [0.15, 0.2) is 0 Å². The van der Waals surface area contributed by atoms with Crippen molar-refractivity contribution in [3.63, 3.8) is 0 Å². The van der Waals surface area contributed by atoms with Crippen molar-refractivity contribution in [3.8, 4) is 0 Å². The van der Waals surface area contributed by atoms with E-state index in [2.05, 4.69) is 4.72 Å². The van der Waals surface area contributed by atoms with Crippen molar-refractivity contribution in [3.05, 3.63) is 41.3 Å². The van der Waals surface area contributed by atoms with Crippen LogP contribution in [0.25, 0.3) is 6.08 Å². The number of esters is 1. The first kappa shape index (κ1) is 18.2. The van der Waals surface area contributed by atoms with E-state index in [9.17, 15) is 18.0 Å². The Balaban J connectivity index is 1.70. The van der Waals surface area contributed by atoms with Gasteiger partial charge in [-0.15, -0.1) is 0 Å². The molecule has 1 fully saturated rings. The first-order chi connectivity index (χ1) is 11.5. The summed E-state index contributed by atoms with van der Waals surface area (Å²) in [6, 6.07) is 8.94. The summed E-state index contributed by atoms with van der Waals surface area (Å²) in [7, 11) is -3.72. The van der Waals surface area contributed by atoms with Crippen LogP contribution in [0.4, 0.5) is 0 Å². The molecule has 0 radical (unpaired) electrons. The number of likely N-dealkylation sites (tertiary alicyclic amines) is 1. The number of benzene rings is 1. The zero-order valence-corrected chi connectivity index (χ0v) is 14.0. The molecule has 130 valence electrons. The van der Waals surface area contributed by atoms with Gasteiger partial charge in [-0.1, -0.05) is 30.3 Å². The molecule has 1 aromatic rings. The number of nitrogens with zero attached hydrogens (tertiary/aromatic N) is 1. The van der Waals surface area contributed by atoms with Crippen LogP contribution >= 0.6 is 0 Å². The van der Waals surface area contributed by atoms with Crippen molar-refractivity contribution in [2.45, 2.75) is 12.8 Å². The van der Waals surface area contributed by atoms with Crippen molar-refractivity contribution in [2.75, 3.05) is 26.2 Å². The van der Waals surface area contributed by atoms with E-state index in [-0.39, 0.29) is 12.5 Å². The summed E-state index contributed by atoms with van der Waals surface area (Å²) < 4.78 is 30.6. The first-order valence-corrected chi connectivity index (χ1v) is 9.17. The van der Waals surface area contributed by atoms with Crippen LogP contribution in [-0.2, 0) is 24.3 Å². The van der Waals surface area contributed by atoms with E-state index in [1.165, 1.54) is 6.08 Å². The monoisotopic (exact) mass is 352 g/mol. The Labute approximate surface area is 141 Å². The third-order valence-electron chi connectivity index (χ3n) is 3.45. The molecule has 0 bridgehead atoms. The topological polar surface area (TPSA) is 92.8 Å². The maximum atomic E-state index is 11.8. The summed E-state index contributed by atoms with van der Waals surface area (Å²) in [5, 5.41) is 0.999. The van der Waals surface area contributed by atoms with Crippen LogP contribution in [0.2, 0.25) is 0 Å². The minimum atomic E-state index is -3.72. The van der Waals surface area contributed by atoms with Gasteiger partial charge in [-0.2, -0.15) is 0 Å². The zero-order valence-electron chi connectivity index (χ0n) is 13.2. The van der Waals surface area contributed by atoms with Crippen LogP contribution in [-0.4, -0.2) is 51.4 Å². The van der Waals surface area contributed by atoms with Crippen LogP contribution in [0.1, 0.15) is 18.4 Å². The van der Waals surface area contributed by atoms with E-state index < -0.39 is 22.5 Å². The number of ether oxygens (including phenoxy) is 1. The summed E-state index contributed by atoms with van der Waals surface area (Å²) in [5.41, 5.74) is 0.737. The first-order valence-electron chi connectivity index (χ1n) is 7.62. The second kappa shape index (κ2) is 8.60. The third kappa shape index (κ3) is 6.13. The predicted molar refractivity (Wildman–Crippen MR) is 89.2 cm³/mol. The lowest BCUT2D eigenvalue weighted by Gasteiger charge is -2.15. The van der Waals surface area contributed by atoms with E-state index in [4.69, 9.17) is 4.74 Å². The van der Waals surface area contributed by atoms with Crippen molar-refractivity contribution < 1.29 is 22.7 Å². The van der Waals surface area contributed by atoms with E-state index >= 15 is 0 Å². The predicted octanol–water partition coefficient (Wildman–Crippen LogP) is 0.742. The molecular formula is C16H20N2O5S. The molecule has 2 rings (SSSR count). The lowest BCUT2D eigenvalue weighted by Crippen LogP contribution is -2.32. The van der Waals surface area contributed by atoms with Gasteiger partial charge in [-0.25, -0.2) is 13.1 Å². The van der Waals surface area contributed by atoms with Gasteiger partial charge < -0.3 is 9.64 Å². The molecular weight excluding hydrogens is 332 g/mol. The third-order valence-corrected chi connectivity index (χ3v) is 4.49. The zero-order chi connectivity index (χ0) is 17.4. The molecule has 1 saturated heterocycles.